The maximum Gasteiger partial charge on any atom is 0.125 e. The van der Waals surface area contributed by atoms with Gasteiger partial charge in [-0.25, -0.2) is 4.68 Å². The minimum atomic E-state index is 0.532. The van der Waals surface area contributed by atoms with Crippen LogP contribution in [0.15, 0.2) is 6.07 Å². The first-order valence-corrected chi connectivity index (χ1v) is 4.49. The lowest BCUT2D eigenvalue weighted by Crippen LogP contribution is -2.28. The van der Waals surface area contributed by atoms with E-state index >= 15 is 0 Å². The molecule has 1 aliphatic rings. The van der Waals surface area contributed by atoms with Gasteiger partial charge in [0.1, 0.15) is 5.82 Å². The Hall–Kier alpha value is -0.990. The molecule has 2 rings (SSSR count). The molecule has 0 saturated carbocycles. The highest BCUT2D eigenvalue weighted by Crippen LogP contribution is 2.26. The third-order valence-corrected chi connectivity index (χ3v) is 2.36. The molecule has 0 bridgehead atoms. The second-order valence-electron chi connectivity index (χ2n) is 3.75. The Morgan fingerprint density at radius 2 is 2.33 bits per heavy atom. The van der Waals surface area contributed by atoms with E-state index in [2.05, 4.69) is 35.0 Å². The van der Waals surface area contributed by atoms with Gasteiger partial charge in [-0.15, -0.1) is 0 Å². The molecule has 1 aliphatic heterocycles. The van der Waals surface area contributed by atoms with Crippen LogP contribution in [0, 0.1) is 6.92 Å². The number of rotatable bonds is 0. The Kier molecular flexibility index (Phi) is 1.60. The zero-order valence-electron chi connectivity index (χ0n) is 7.83. The second kappa shape index (κ2) is 2.51. The monoisotopic (exact) mass is 165 g/mol. The summed E-state index contributed by atoms with van der Waals surface area (Å²) in [6.45, 7) is 6.46. The number of nitrogens with zero attached hydrogens (tertiary/aromatic N) is 2. The van der Waals surface area contributed by atoms with Gasteiger partial charge in [-0.1, -0.05) is 0 Å². The highest BCUT2D eigenvalue weighted by atomic mass is 15.4. The zero-order valence-corrected chi connectivity index (χ0v) is 7.83. The molecule has 0 aliphatic carbocycles. The molecule has 12 heavy (non-hydrogen) atoms. The van der Waals surface area contributed by atoms with Gasteiger partial charge in [-0.3, -0.25) is 0 Å². The maximum atomic E-state index is 4.42. The fraction of sp³-hybridized carbons (Fsp3) is 0.667. The van der Waals surface area contributed by atoms with Gasteiger partial charge < -0.3 is 5.32 Å². The Bertz CT molecular complexity index is 290. The zero-order chi connectivity index (χ0) is 8.72. The van der Waals surface area contributed by atoms with Crippen molar-refractivity contribution in [2.45, 2.75) is 39.3 Å². The largest absolute Gasteiger partial charge is 0.368 e. The standard InChI is InChI=1S/C9H15N3/c1-6-4-8(3)12-9(10-6)5-7(2)11-12/h5-6,8,10H,4H2,1-3H3/t6-,8-/m0/s1. The molecule has 0 amide bonds. The predicted molar refractivity (Wildman–Crippen MR) is 49.4 cm³/mol. The van der Waals surface area contributed by atoms with Crippen molar-refractivity contribution in [3.05, 3.63) is 11.8 Å². The summed E-state index contributed by atoms with van der Waals surface area (Å²) < 4.78 is 2.08. The van der Waals surface area contributed by atoms with Crippen LogP contribution in [0.3, 0.4) is 0 Å². The lowest BCUT2D eigenvalue weighted by molar-refractivity contribution is 0.412. The number of hydrogen-bond donors (Lipinski definition) is 1. The van der Waals surface area contributed by atoms with Crippen molar-refractivity contribution in [1.82, 2.24) is 9.78 Å². The fourth-order valence-electron chi connectivity index (χ4n) is 1.88. The number of fused-ring (bicyclic) bond motifs is 1. The summed E-state index contributed by atoms with van der Waals surface area (Å²) in [5.41, 5.74) is 1.10. The SMILES string of the molecule is Cc1cc2n(n1)[C@@H](C)C[C@H](C)N2. The highest BCUT2D eigenvalue weighted by molar-refractivity contribution is 5.39. The number of anilines is 1. The van der Waals surface area contributed by atoms with Gasteiger partial charge in [0, 0.05) is 12.1 Å². The van der Waals surface area contributed by atoms with E-state index < -0.39 is 0 Å². The molecule has 3 heteroatoms. The molecule has 1 N–H and O–H groups in total. The van der Waals surface area contributed by atoms with Crippen LogP contribution < -0.4 is 5.32 Å². The van der Waals surface area contributed by atoms with E-state index in [1.54, 1.807) is 0 Å². The summed E-state index contributed by atoms with van der Waals surface area (Å²) in [5, 5.41) is 7.83. The van der Waals surface area contributed by atoms with Crippen molar-refractivity contribution in [3.63, 3.8) is 0 Å². The van der Waals surface area contributed by atoms with Crippen LogP contribution in [0.2, 0.25) is 0 Å². The summed E-state index contributed by atoms with van der Waals surface area (Å²) in [6.07, 6.45) is 1.16. The number of aryl methyl sites for hydroxylation is 1. The third-order valence-electron chi connectivity index (χ3n) is 2.36. The Labute approximate surface area is 72.8 Å². The van der Waals surface area contributed by atoms with E-state index in [4.69, 9.17) is 0 Å². The minimum Gasteiger partial charge on any atom is -0.368 e. The van der Waals surface area contributed by atoms with Gasteiger partial charge in [-0.05, 0) is 27.2 Å². The molecule has 0 radical (unpaired) electrons. The Balaban J connectivity index is 2.40. The Morgan fingerprint density at radius 3 is 3.08 bits per heavy atom. The predicted octanol–water partition coefficient (Wildman–Crippen LogP) is 1.96. The van der Waals surface area contributed by atoms with Crippen molar-refractivity contribution in [3.8, 4) is 0 Å². The van der Waals surface area contributed by atoms with Gasteiger partial charge in [0.2, 0.25) is 0 Å². The fourth-order valence-corrected chi connectivity index (χ4v) is 1.88. The summed E-state index contributed by atoms with van der Waals surface area (Å²) in [4.78, 5) is 0. The van der Waals surface area contributed by atoms with Crippen molar-refractivity contribution in [2.75, 3.05) is 5.32 Å². The molecule has 1 aromatic rings. The normalized spacial score (nSPS) is 27.9. The van der Waals surface area contributed by atoms with Crippen molar-refractivity contribution < 1.29 is 0 Å². The summed E-state index contributed by atoms with van der Waals surface area (Å²) in [6, 6.07) is 3.21. The maximum absolute atomic E-state index is 4.42. The second-order valence-corrected chi connectivity index (χ2v) is 3.75. The number of hydrogen-bond acceptors (Lipinski definition) is 2. The van der Waals surface area contributed by atoms with Crippen LogP contribution in [0.5, 0.6) is 0 Å². The highest BCUT2D eigenvalue weighted by Gasteiger charge is 2.20. The van der Waals surface area contributed by atoms with Crippen LogP contribution in [0.4, 0.5) is 5.82 Å². The van der Waals surface area contributed by atoms with Crippen LogP contribution in [-0.2, 0) is 0 Å². The first-order valence-electron chi connectivity index (χ1n) is 4.49. The Morgan fingerprint density at radius 1 is 1.58 bits per heavy atom. The van der Waals surface area contributed by atoms with Crippen molar-refractivity contribution in [2.24, 2.45) is 0 Å². The molecular weight excluding hydrogens is 150 g/mol. The molecule has 1 aromatic heterocycles. The van der Waals surface area contributed by atoms with E-state index in [0.29, 0.717) is 12.1 Å². The van der Waals surface area contributed by atoms with Gasteiger partial charge >= 0.3 is 0 Å². The molecule has 3 nitrogen and oxygen atoms in total. The average Bonchev–Trinajstić information content (AvgIpc) is 2.29. The van der Waals surface area contributed by atoms with E-state index in [-0.39, 0.29) is 0 Å². The molecule has 0 saturated heterocycles. The molecule has 0 spiro atoms. The first kappa shape index (κ1) is 7.65. The van der Waals surface area contributed by atoms with E-state index in [9.17, 15) is 0 Å². The molecule has 2 atom stereocenters. The lowest BCUT2D eigenvalue weighted by atomic mass is 10.1. The number of nitrogens with one attached hydrogen (secondary N) is 1. The van der Waals surface area contributed by atoms with Gasteiger partial charge in [0.05, 0.1) is 11.7 Å². The quantitative estimate of drug-likeness (QED) is 0.637. The topological polar surface area (TPSA) is 29.9 Å². The van der Waals surface area contributed by atoms with Crippen molar-refractivity contribution in [1.29, 1.82) is 0 Å². The smallest absolute Gasteiger partial charge is 0.125 e. The first-order chi connectivity index (χ1) is 5.66. The molecule has 0 fully saturated rings. The van der Waals surface area contributed by atoms with Crippen LogP contribution in [0.1, 0.15) is 32.0 Å². The molecule has 0 unspecified atom stereocenters. The van der Waals surface area contributed by atoms with Crippen LogP contribution in [0.25, 0.3) is 0 Å². The molecule has 66 valence electrons. The van der Waals surface area contributed by atoms with Gasteiger partial charge in [0.25, 0.3) is 0 Å². The minimum absolute atomic E-state index is 0.532. The van der Waals surface area contributed by atoms with Gasteiger partial charge in [0.15, 0.2) is 0 Å². The lowest BCUT2D eigenvalue weighted by Gasteiger charge is -2.27. The van der Waals surface area contributed by atoms with Crippen LogP contribution >= 0.6 is 0 Å². The summed E-state index contributed by atoms with van der Waals surface area (Å²) in [7, 11) is 0. The molecule has 0 aromatic carbocycles. The average molecular weight is 165 g/mol. The third kappa shape index (κ3) is 1.09. The van der Waals surface area contributed by atoms with Gasteiger partial charge in [-0.2, -0.15) is 5.10 Å². The van der Waals surface area contributed by atoms with E-state index in [1.165, 1.54) is 5.82 Å². The van der Waals surface area contributed by atoms with Crippen molar-refractivity contribution >= 4 is 5.82 Å². The molecular formula is C9H15N3. The molecule has 2 heterocycles. The van der Waals surface area contributed by atoms with Crippen LogP contribution in [-0.4, -0.2) is 15.8 Å². The van der Waals surface area contributed by atoms with E-state index in [1.807, 2.05) is 6.92 Å². The number of aromatic nitrogens is 2. The summed E-state index contributed by atoms with van der Waals surface area (Å²) in [5.74, 6) is 1.17. The summed E-state index contributed by atoms with van der Waals surface area (Å²) >= 11 is 0. The van der Waals surface area contributed by atoms with E-state index in [0.717, 1.165) is 12.1 Å².